The van der Waals surface area contributed by atoms with E-state index < -0.39 is 11.9 Å². The van der Waals surface area contributed by atoms with Gasteiger partial charge in [0.1, 0.15) is 17.4 Å². The van der Waals surface area contributed by atoms with Gasteiger partial charge in [-0.1, -0.05) is 6.07 Å². The number of thiophene rings is 1. The molecule has 1 amide bonds. The average molecular weight is 374 g/mol. The highest BCUT2D eigenvalue weighted by Crippen LogP contribution is 2.31. The third-order valence-corrected chi connectivity index (χ3v) is 5.47. The molecule has 25 heavy (non-hydrogen) atoms. The Morgan fingerprint density at radius 2 is 2.00 bits per heavy atom. The maximum absolute atomic E-state index is 11.1. The fraction of sp³-hybridized carbons (Fsp3) is 0.118. The Kier molecular flexibility index (Phi) is 5.11. The monoisotopic (exact) mass is 374 g/mol. The van der Waals surface area contributed by atoms with Crippen molar-refractivity contribution in [1.29, 1.82) is 0 Å². The van der Waals surface area contributed by atoms with Crippen molar-refractivity contribution in [1.82, 2.24) is 4.98 Å². The Labute approximate surface area is 151 Å². The summed E-state index contributed by atoms with van der Waals surface area (Å²) in [6, 6.07) is 10.6. The lowest BCUT2D eigenvalue weighted by Gasteiger charge is -2.07. The third-order valence-electron chi connectivity index (χ3n) is 3.30. The fourth-order valence-corrected chi connectivity index (χ4v) is 3.81. The summed E-state index contributed by atoms with van der Waals surface area (Å²) in [7, 11) is 0. The normalized spacial score (nSPS) is 10.4. The van der Waals surface area contributed by atoms with Gasteiger partial charge in [0.05, 0.1) is 15.4 Å². The van der Waals surface area contributed by atoms with Crippen LogP contribution >= 0.6 is 22.7 Å². The SMILES string of the molecule is Cc1nc(-c2cccs2)sc1COc1ccc(NC(=O)C(=O)O)cc1. The molecular weight excluding hydrogens is 360 g/mol. The molecule has 0 aliphatic heterocycles. The number of carboxylic acids is 1. The van der Waals surface area contributed by atoms with Crippen LogP contribution in [0.2, 0.25) is 0 Å². The zero-order valence-corrected chi connectivity index (χ0v) is 14.8. The van der Waals surface area contributed by atoms with E-state index in [-0.39, 0.29) is 0 Å². The average Bonchev–Trinajstić information content (AvgIpc) is 3.24. The summed E-state index contributed by atoms with van der Waals surface area (Å²) in [5.74, 6) is -1.98. The van der Waals surface area contributed by atoms with E-state index in [0.29, 0.717) is 18.0 Å². The van der Waals surface area contributed by atoms with Crippen LogP contribution in [0.3, 0.4) is 0 Å². The van der Waals surface area contributed by atoms with Gasteiger partial charge in [-0.3, -0.25) is 4.79 Å². The number of rotatable bonds is 5. The second kappa shape index (κ2) is 7.45. The first-order chi connectivity index (χ1) is 12.0. The highest BCUT2D eigenvalue weighted by Gasteiger charge is 2.12. The first-order valence-corrected chi connectivity index (χ1v) is 9.00. The zero-order chi connectivity index (χ0) is 17.8. The molecule has 0 saturated carbocycles. The first kappa shape index (κ1) is 17.1. The van der Waals surface area contributed by atoms with Gasteiger partial charge in [0.2, 0.25) is 0 Å². The quantitative estimate of drug-likeness (QED) is 0.664. The molecule has 0 atom stereocenters. The van der Waals surface area contributed by atoms with Crippen LogP contribution in [-0.2, 0) is 16.2 Å². The Hall–Kier alpha value is -2.71. The van der Waals surface area contributed by atoms with E-state index in [1.54, 1.807) is 46.9 Å². The van der Waals surface area contributed by atoms with Crippen molar-refractivity contribution in [3.8, 4) is 15.6 Å². The third kappa shape index (κ3) is 4.23. The van der Waals surface area contributed by atoms with E-state index in [0.717, 1.165) is 20.5 Å². The van der Waals surface area contributed by atoms with E-state index in [4.69, 9.17) is 9.84 Å². The van der Waals surface area contributed by atoms with E-state index in [9.17, 15) is 9.59 Å². The molecule has 8 heteroatoms. The number of anilines is 1. The molecule has 2 N–H and O–H groups in total. The number of aryl methyl sites for hydroxylation is 1. The highest BCUT2D eigenvalue weighted by atomic mass is 32.1. The number of benzene rings is 1. The molecule has 0 saturated heterocycles. The van der Waals surface area contributed by atoms with Gasteiger partial charge in [0.15, 0.2) is 0 Å². The fourth-order valence-electron chi connectivity index (χ4n) is 2.04. The van der Waals surface area contributed by atoms with Gasteiger partial charge in [-0.2, -0.15) is 0 Å². The lowest BCUT2D eigenvalue weighted by atomic mass is 10.3. The van der Waals surface area contributed by atoms with Gasteiger partial charge >= 0.3 is 11.9 Å². The largest absolute Gasteiger partial charge is 0.488 e. The summed E-state index contributed by atoms with van der Waals surface area (Å²) >= 11 is 3.26. The number of hydrogen-bond acceptors (Lipinski definition) is 6. The molecule has 0 fully saturated rings. The van der Waals surface area contributed by atoms with Crippen molar-refractivity contribution in [3.05, 3.63) is 52.3 Å². The maximum atomic E-state index is 11.1. The van der Waals surface area contributed by atoms with E-state index in [2.05, 4.69) is 10.3 Å². The minimum atomic E-state index is -1.53. The summed E-state index contributed by atoms with van der Waals surface area (Å²) in [6.07, 6.45) is 0. The van der Waals surface area contributed by atoms with Crippen molar-refractivity contribution in [2.75, 3.05) is 5.32 Å². The number of aliphatic carboxylic acids is 1. The number of carbonyl (C=O) groups excluding carboxylic acids is 1. The summed E-state index contributed by atoms with van der Waals surface area (Å²) < 4.78 is 5.76. The molecule has 2 aromatic heterocycles. The molecule has 0 bridgehead atoms. The number of nitrogens with zero attached hydrogens (tertiary/aromatic N) is 1. The molecule has 0 radical (unpaired) electrons. The Morgan fingerprint density at radius 3 is 2.64 bits per heavy atom. The Bertz CT molecular complexity index is 886. The lowest BCUT2D eigenvalue weighted by molar-refractivity contribution is -0.147. The highest BCUT2D eigenvalue weighted by molar-refractivity contribution is 7.21. The van der Waals surface area contributed by atoms with Gasteiger partial charge < -0.3 is 15.2 Å². The molecule has 128 valence electrons. The van der Waals surface area contributed by atoms with Crippen LogP contribution in [0.15, 0.2) is 41.8 Å². The molecule has 0 aliphatic carbocycles. The predicted molar refractivity (Wildman–Crippen MR) is 97.2 cm³/mol. The van der Waals surface area contributed by atoms with Crippen LogP contribution in [-0.4, -0.2) is 22.0 Å². The summed E-state index contributed by atoms with van der Waals surface area (Å²) in [4.78, 5) is 28.4. The van der Waals surface area contributed by atoms with Crippen molar-refractivity contribution in [3.63, 3.8) is 0 Å². The number of carbonyl (C=O) groups is 2. The van der Waals surface area contributed by atoms with Crippen molar-refractivity contribution in [2.45, 2.75) is 13.5 Å². The molecule has 6 nitrogen and oxygen atoms in total. The topological polar surface area (TPSA) is 88.5 Å². The first-order valence-electron chi connectivity index (χ1n) is 7.30. The minimum absolute atomic E-state index is 0.397. The molecule has 3 aromatic rings. The van der Waals surface area contributed by atoms with Crippen LogP contribution in [0.1, 0.15) is 10.6 Å². The van der Waals surface area contributed by atoms with E-state index in [1.165, 1.54) is 0 Å². The smallest absolute Gasteiger partial charge is 0.394 e. The molecule has 3 rings (SSSR count). The van der Waals surface area contributed by atoms with Gasteiger partial charge in [-0.15, -0.1) is 22.7 Å². The Balaban J connectivity index is 1.62. The van der Waals surface area contributed by atoms with Crippen molar-refractivity contribution < 1.29 is 19.4 Å². The van der Waals surface area contributed by atoms with Gasteiger partial charge in [-0.25, -0.2) is 9.78 Å². The second-order valence-electron chi connectivity index (χ2n) is 5.08. The molecule has 0 spiro atoms. The molecule has 0 aliphatic rings. The standard InChI is InChI=1S/C17H14N2O4S2/c1-10-14(25-16(18-10)13-3-2-8-24-13)9-23-12-6-4-11(5-7-12)19-15(20)17(21)22/h2-8H,9H2,1H3,(H,19,20)(H,21,22). The summed E-state index contributed by atoms with van der Waals surface area (Å²) in [6.45, 7) is 2.35. The lowest BCUT2D eigenvalue weighted by Crippen LogP contribution is -2.21. The van der Waals surface area contributed by atoms with Crippen LogP contribution in [0.4, 0.5) is 5.69 Å². The van der Waals surface area contributed by atoms with Gasteiger partial charge in [0, 0.05) is 5.69 Å². The number of carboxylic acid groups (broad SMARTS) is 1. The maximum Gasteiger partial charge on any atom is 0.394 e. The van der Waals surface area contributed by atoms with E-state index >= 15 is 0 Å². The number of ether oxygens (including phenoxy) is 1. The second-order valence-corrected chi connectivity index (χ2v) is 7.11. The number of nitrogens with one attached hydrogen (secondary N) is 1. The number of amides is 1. The van der Waals surface area contributed by atoms with Crippen LogP contribution in [0, 0.1) is 6.92 Å². The minimum Gasteiger partial charge on any atom is -0.488 e. The summed E-state index contributed by atoms with van der Waals surface area (Å²) in [5.41, 5.74) is 1.34. The van der Waals surface area contributed by atoms with E-state index in [1.807, 2.05) is 24.4 Å². The number of hydrogen-bond donors (Lipinski definition) is 2. The van der Waals surface area contributed by atoms with Gasteiger partial charge in [-0.05, 0) is 42.6 Å². The Morgan fingerprint density at radius 1 is 1.24 bits per heavy atom. The van der Waals surface area contributed by atoms with Gasteiger partial charge in [0.25, 0.3) is 0 Å². The number of aromatic nitrogens is 1. The predicted octanol–water partition coefficient (Wildman–Crippen LogP) is 3.78. The zero-order valence-electron chi connectivity index (χ0n) is 13.2. The summed E-state index contributed by atoms with van der Waals surface area (Å²) in [5, 5.41) is 13.8. The van der Waals surface area contributed by atoms with Crippen molar-refractivity contribution in [2.24, 2.45) is 0 Å². The van der Waals surface area contributed by atoms with Crippen LogP contribution in [0.5, 0.6) is 5.75 Å². The molecular formula is C17H14N2O4S2. The van der Waals surface area contributed by atoms with Crippen molar-refractivity contribution >= 4 is 40.2 Å². The molecule has 2 heterocycles. The number of thiazole rings is 1. The molecule has 1 aromatic carbocycles. The van der Waals surface area contributed by atoms with Crippen LogP contribution < -0.4 is 10.1 Å². The van der Waals surface area contributed by atoms with Crippen LogP contribution in [0.25, 0.3) is 9.88 Å². The molecule has 0 unspecified atom stereocenters.